The van der Waals surface area contributed by atoms with E-state index in [0.29, 0.717) is 16.6 Å². The number of hydrogen-bond acceptors (Lipinski definition) is 6. The molecule has 1 aromatic rings. The molecule has 2 aliphatic rings. The molecule has 6 nitrogen and oxygen atoms in total. The number of carbonyl (C=O) groups is 1. The largest absolute Gasteiger partial charge is 0.507 e. The van der Waals surface area contributed by atoms with Crippen LogP contribution in [-0.2, 0) is 4.79 Å². The second-order valence-corrected chi connectivity index (χ2v) is 7.09. The fourth-order valence-electron chi connectivity index (χ4n) is 2.96. The number of carbonyl (C=O) groups excluding carboxylic acids is 1. The highest BCUT2D eigenvalue weighted by Gasteiger charge is 2.32. The van der Waals surface area contributed by atoms with Crippen molar-refractivity contribution in [3.63, 3.8) is 0 Å². The number of thioether (sulfide) groups is 1. The summed E-state index contributed by atoms with van der Waals surface area (Å²) in [5.41, 5.74) is 0.258. The second kappa shape index (κ2) is 7.55. The lowest BCUT2D eigenvalue weighted by molar-refractivity contribution is -0.113. The van der Waals surface area contributed by atoms with Crippen LogP contribution >= 0.6 is 11.8 Å². The summed E-state index contributed by atoms with van der Waals surface area (Å²) in [6, 6.07) is 3.78. The number of aliphatic hydroxyl groups excluding tert-OH is 1. The van der Waals surface area contributed by atoms with Crippen LogP contribution in [0.4, 0.5) is 4.39 Å². The SMILES string of the molecule is C[C@H]1CN(CCO)CCN1C1=NC(=O)C(=Cc2cc(F)ccc2O)S1. The first-order chi connectivity index (χ1) is 12.0. The van der Waals surface area contributed by atoms with Gasteiger partial charge in [-0.15, -0.1) is 0 Å². The number of phenols is 1. The van der Waals surface area contributed by atoms with E-state index in [0.717, 1.165) is 25.7 Å². The number of amidine groups is 1. The summed E-state index contributed by atoms with van der Waals surface area (Å²) in [5.74, 6) is -0.940. The number of piperazine rings is 1. The first kappa shape index (κ1) is 17.9. The van der Waals surface area contributed by atoms with Crippen molar-refractivity contribution in [3.05, 3.63) is 34.5 Å². The first-order valence-corrected chi connectivity index (χ1v) is 8.90. The van der Waals surface area contributed by atoms with Crippen molar-refractivity contribution in [2.75, 3.05) is 32.8 Å². The van der Waals surface area contributed by atoms with E-state index in [1.54, 1.807) is 0 Å². The summed E-state index contributed by atoms with van der Waals surface area (Å²) in [4.78, 5) is 20.9. The van der Waals surface area contributed by atoms with Gasteiger partial charge in [-0.25, -0.2) is 4.39 Å². The molecule has 2 N–H and O–H groups in total. The maximum atomic E-state index is 13.3. The molecule has 1 atom stereocenters. The highest BCUT2D eigenvalue weighted by molar-refractivity contribution is 8.18. The summed E-state index contributed by atoms with van der Waals surface area (Å²) in [5, 5.41) is 19.5. The van der Waals surface area contributed by atoms with Gasteiger partial charge in [0.2, 0.25) is 0 Å². The van der Waals surface area contributed by atoms with Gasteiger partial charge in [-0.3, -0.25) is 9.69 Å². The van der Waals surface area contributed by atoms with Crippen molar-refractivity contribution < 1.29 is 19.4 Å². The first-order valence-electron chi connectivity index (χ1n) is 8.09. The van der Waals surface area contributed by atoms with Crippen molar-refractivity contribution in [1.82, 2.24) is 9.80 Å². The Bertz CT molecular complexity index is 738. The second-order valence-electron chi connectivity index (χ2n) is 6.08. The molecule has 134 valence electrons. The van der Waals surface area contributed by atoms with Gasteiger partial charge in [0.25, 0.3) is 5.91 Å². The van der Waals surface area contributed by atoms with Crippen molar-refractivity contribution in [1.29, 1.82) is 0 Å². The van der Waals surface area contributed by atoms with E-state index < -0.39 is 5.82 Å². The number of nitrogens with zero attached hydrogens (tertiary/aromatic N) is 3. The molecule has 0 aliphatic carbocycles. The Morgan fingerprint density at radius 2 is 2.24 bits per heavy atom. The molecule has 3 rings (SSSR count). The Balaban J connectivity index is 1.73. The van der Waals surface area contributed by atoms with Crippen molar-refractivity contribution in [2.24, 2.45) is 4.99 Å². The summed E-state index contributed by atoms with van der Waals surface area (Å²) >= 11 is 1.24. The zero-order chi connectivity index (χ0) is 18.0. The lowest BCUT2D eigenvalue weighted by atomic mass is 10.2. The predicted molar refractivity (Wildman–Crippen MR) is 95.8 cm³/mol. The fourth-order valence-corrected chi connectivity index (χ4v) is 4.00. The summed E-state index contributed by atoms with van der Waals surface area (Å²) in [7, 11) is 0. The molecule has 2 heterocycles. The van der Waals surface area contributed by atoms with Crippen LogP contribution in [0.15, 0.2) is 28.1 Å². The van der Waals surface area contributed by atoms with Crippen molar-refractivity contribution in [3.8, 4) is 5.75 Å². The van der Waals surface area contributed by atoms with Crippen LogP contribution in [0.1, 0.15) is 12.5 Å². The molecule has 0 unspecified atom stereocenters. The van der Waals surface area contributed by atoms with Gasteiger partial charge >= 0.3 is 0 Å². The average Bonchev–Trinajstić information content (AvgIpc) is 2.92. The maximum absolute atomic E-state index is 13.3. The predicted octanol–water partition coefficient (Wildman–Crippen LogP) is 1.50. The van der Waals surface area contributed by atoms with E-state index in [9.17, 15) is 14.3 Å². The lowest BCUT2D eigenvalue weighted by Crippen LogP contribution is -2.53. The number of phenolic OH excluding ortho intramolecular Hbond substituents is 1. The Hall–Kier alpha value is -1.90. The summed E-state index contributed by atoms with van der Waals surface area (Å²) in [6.07, 6.45) is 1.47. The minimum Gasteiger partial charge on any atom is -0.507 e. The molecule has 1 saturated heterocycles. The molecule has 1 amide bonds. The minimum absolute atomic E-state index is 0.0817. The minimum atomic E-state index is -0.477. The molecule has 0 aromatic heterocycles. The third kappa shape index (κ3) is 4.02. The van der Waals surface area contributed by atoms with Gasteiger partial charge < -0.3 is 15.1 Å². The Morgan fingerprint density at radius 1 is 1.44 bits per heavy atom. The summed E-state index contributed by atoms with van der Waals surface area (Å²) in [6.45, 7) is 5.13. The number of halogens is 1. The number of hydrogen-bond donors (Lipinski definition) is 2. The quantitative estimate of drug-likeness (QED) is 0.791. The van der Waals surface area contributed by atoms with Gasteiger partial charge in [-0.05, 0) is 43.0 Å². The number of aliphatic imine (C=N–C) groups is 1. The number of rotatable bonds is 3. The molecule has 8 heteroatoms. The summed E-state index contributed by atoms with van der Waals surface area (Å²) < 4.78 is 13.3. The molecule has 1 fully saturated rings. The number of aromatic hydroxyl groups is 1. The number of benzene rings is 1. The van der Waals surface area contributed by atoms with Crippen LogP contribution in [0.25, 0.3) is 6.08 Å². The Labute approximate surface area is 149 Å². The highest BCUT2D eigenvalue weighted by Crippen LogP contribution is 2.33. The molecule has 25 heavy (non-hydrogen) atoms. The van der Waals surface area contributed by atoms with Gasteiger partial charge in [-0.2, -0.15) is 4.99 Å². The van der Waals surface area contributed by atoms with Gasteiger partial charge in [0.1, 0.15) is 11.6 Å². The van der Waals surface area contributed by atoms with Gasteiger partial charge in [-0.1, -0.05) is 0 Å². The molecule has 1 aromatic carbocycles. The number of amides is 1. The third-order valence-electron chi connectivity index (χ3n) is 4.26. The smallest absolute Gasteiger partial charge is 0.286 e. The molecule has 0 radical (unpaired) electrons. The van der Waals surface area contributed by atoms with Crippen molar-refractivity contribution >= 4 is 28.9 Å². The van der Waals surface area contributed by atoms with Crippen molar-refractivity contribution in [2.45, 2.75) is 13.0 Å². The van der Waals surface area contributed by atoms with E-state index in [1.807, 2.05) is 0 Å². The van der Waals surface area contributed by atoms with Gasteiger partial charge in [0.15, 0.2) is 5.17 Å². The standard InChI is InChI=1S/C17H20FN3O3S/c1-11-10-20(6-7-22)4-5-21(11)17-19-16(24)15(25-17)9-12-8-13(18)2-3-14(12)23/h2-3,8-9,11,22-23H,4-7,10H2,1H3/t11-/m0/s1. The lowest BCUT2D eigenvalue weighted by Gasteiger charge is -2.40. The fraction of sp³-hybridized carbons (Fsp3) is 0.412. The molecule has 0 saturated carbocycles. The van der Waals surface area contributed by atoms with Gasteiger partial charge in [0.05, 0.1) is 11.5 Å². The molecule has 0 bridgehead atoms. The highest BCUT2D eigenvalue weighted by atomic mass is 32.2. The van der Waals surface area contributed by atoms with Crippen LogP contribution in [-0.4, -0.2) is 69.9 Å². The Morgan fingerprint density at radius 3 is 2.96 bits per heavy atom. The van der Waals surface area contributed by atoms with Gasteiger partial charge in [0, 0.05) is 37.8 Å². The van der Waals surface area contributed by atoms with Crippen LogP contribution in [0.3, 0.4) is 0 Å². The van der Waals surface area contributed by atoms with E-state index in [4.69, 9.17) is 5.11 Å². The topological polar surface area (TPSA) is 76.4 Å². The molecule has 0 spiro atoms. The van der Waals surface area contributed by atoms with Crippen LogP contribution in [0, 0.1) is 5.82 Å². The third-order valence-corrected chi connectivity index (χ3v) is 5.28. The zero-order valence-electron chi connectivity index (χ0n) is 13.9. The Kier molecular flexibility index (Phi) is 5.41. The zero-order valence-corrected chi connectivity index (χ0v) is 14.7. The van der Waals surface area contributed by atoms with E-state index in [1.165, 1.54) is 30.0 Å². The monoisotopic (exact) mass is 365 g/mol. The van der Waals surface area contributed by atoms with Crippen LogP contribution in [0.2, 0.25) is 0 Å². The molecular formula is C17H20FN3O3S. The van der Waals surface area contributed by atoms with E-state index >= 15 is 0 Å². The number of β-amino-alcohol motifs (C(OH)–C–C–N with tert-alkyl or cyclic N) is 1. The van der Waals surface area contributed by atoms with E-state index in [2.05, 4.69) is 21.7 Å². The maximum Gasteiger partial charge on any atom is 0.286 e. The molecule has 2 aliphatic heterocycles. The van der Waals surface area contributed by atoms with E-state index in [-0.39, 0.29) is 29.9 Å². The average molecular weight is 365 g/mol. The number of aliphatic hydroxyl groups is 1. The van der Waals surface area contributed by atoms with Crippen LogP contribution in [0.5, 0.6) is 5.75 Å². The molecular weight excluding hydrogens is 345 g/mol. The van der Waals surface area contributed by atoms with Crippen LogP contribution < -0.4 is 0 Å². The normalized spacial score (nSPS) is 23.4.